The van der Waals surface area contributed by atoms with Crippen LogP contribution in [0.3, 0.4) is 0 Å². The molecule has 1 aliphatic rings. The van der Waals surface area contributed by atoms with E-state index in [4.69, 9.17) is 16.3 Å². The van der Waals surface area contributed by atoms with Gasteiger partial charge in [-0.05, 0) is 6.07 Å². The first kappa shape index (κ1) is 9.60. The molecule has 0 unspecified atom stereocenters. The maximum absolute atomic E-state index is 11.7. The van der Waals surface area contributed by atoms with Gasteiger partial charge in [0.15, 0.2) is 0 Å². The lowest BCUT2D eigenvalue weighted by Crippen LogP contribution is -2.19. The van der Waals surface area contributed by atoms with Gasteiger partial charge in [-0.2, -0.15) is 0 Å². The van der Waals surface area contributed by atoms with Gasteiger partial charge in [-0.1, -0.05) is 29.8 Å². The van der Waals surface area contributed by atoms with Gasteiger partial charge in [0.2, 0.25) is 0 Å². The van der Waals surface area contributed by atoms with E-state index in [-0.39, 0.29) is 5.97 Å². The topological polar surface area (TPSA) is 39.2 Å². The summed E-state index contributed by atoms with van der Waals surface area (Å²) in [6, 6.07) is 7.44. The van der Waals surface area contributed by atoms with Gasteiger partial charge in [0.25, 0.3) is 0 Å². The van der Waals surface area contributed by atoms with E-state index in [9.17, 15) is 4.79 Å². The summed E-state index contributed by atoms with van der Waals surface area (Å²) >= 11 is 6.07. The third kappa shape index (κ3) is 1.28. The van der Waals surface area contributed by atoms with E-state index in [1.807, 2.05) is 24.3 Å². The number of para-hydroxylation sites is 1. The van der Waals surface area contributed by atoms with Crippen molar-refractivity contribution in [2.75, 3.05) is 6.61 Å². The molecule has 3 rings (SSSR count). The second kappa shape index (κ2) is 3.46. The molecule has 1 aliphatic heterocycles. The zero-order chi connectivity index (χ0) is 11.1. The molecule has 1 aromatic carbocycles. The lowest BCUT2D eigenvalue weighted by Gasteiger charge is -2.18. The molecule has 2 aromatic rings. The maximum Gasteiger partial charge on any atom is 0.339 e. The van der Waals surface area contributed by atoms with Crippen LogP contribution in [0.4, 0.5) is 0 Å². The molecule has 3 nitrogen and oxygen atoms in total. The van der Waals surface area contributed by atoms with Crippen LogP contribution in [0.15, 0.2) is 24.3 Å². The molecular formula is C12H8ClNO2. The highest BCUT2D eigenvalue weighted by molar-refractivity contribution is 6.31. The first-order valence-corrected chi connectivity index (χ1v) is 5.39. The number of fused-ring (bicyclic) bond motifs is 3. The second-order valence-electron chi connectivity index (χ2n) is 3.66. The van der Waals surface area contributed by atoms with Crippen molar-refractivity contribution in [3.63, 3.8) is 0 Å². The first-order valence-electron chi connectivity index (χ1n) is 5.01. The Bertz CT molecular complexity index is 595. The van der Waals surface area contributed by atoms with Gasteiger partial charge in [0.05, 0.1) is 17.7 Å². The average Bonchev–Trinajstić information content (AvgIpc) is 2.30. The largest absolute Gasteiger partial charge is 0.462 e. The van der Waals surface area contributed by atoms with E-state index in [0.717, 1.165) is 16.5 Å². The Labute approximate surface area is 97.0 Å². The number of cyclic esters (lactones) is 1. The molecule has 2 heterocycles. The van der Waals surface area contributed by atoms with Crippen LogP contribution in [-0.4, -0.2) is 17.6 Å². The van der Waals surface area contributed by atoms with Crippen molar-refractivity contribution in [3.05, 3.63) is 40.5 Å². The molecule has 0 amide bonds. The Kier molecular flexibility index (Phi) is 2.07. The fourth-order valence-electron chi connectivity index (χ4n) is 2.00. The highest BCUT2D eigenvalue weighted by atomic mass is 35.5. The SMILES string of the molecule is O=C1OCCc2c(Cl)nc3ccccc3c21. The summed E-state index contributed by atoms with van der Waals surface area (Å²) in [7, 11) is 0. The summed E-state index contributed by atoms with van der Waals surface area (Å²) in [6.07, 6.45) is 0.637. The van der Waals surface area contributed by atoms with Crippen molar-refractivity contribution in [1.29, 1.82) is 0 Å². The number of rotatable bonds is 0. The van der Waals surface area contributed by atoms with Crippen molar-refractivity contribution in [3.8, 4) is 0 Å². The molecule has 1 aromatic heterocycles. The average molecular weight is 234 g/mol. The second-order valence-corrected chi connectivity index (χ2v) is 4.02. The Hall–Kier alpha value is -1.61. The van der Waals surface area contributed by atoms with E-state index < -0.39 is 0 Å². The smallest absolute Gasteiger partial charge is 0.339 e. The van der Waals surface area contributed by atoms with Crippen molar-refractivity contribution in [1.82, 2.24) is 4.98 Å². The number of carbonyl (C=O) groups excluding carboxylic acids is 1. The Morgan fingerprint density at radius 2 is 2.12 bits per heavy atom. The van der Waals surface area contributed by atoms with Crippen LogP contribution >= 0.6 is 11.6 Å². The van der Waals surface area contributed by atoms with Gasteiger partial charge >= 0.3 is 5.97 Å². The Morgan fingerprint density at radius 3 is 3.00 bits per heavy atom. The highest BCUT2D eigenvalue weighted by Gasteiger charge is 2.24. The van der Waals surface area contributed by atoms with E-state index in [1.54, 1.807) is 0 Å². The van der Waals surface area contributed by atoms with Crippen LogP contribution in [-0.2, 0) is 11.2 Å². The fourth-order valence-corrected chi connectivity index (χ4v) is 2.28. The lowest BCUT2D eigenvalue weighted by atomic mass is 10.00. The zero-order valence-corrected chi connectivity index (χ0v) is 9.12. The van der Waals surface area contributed by atoms with Gasteiger partial charge in [0.1, 0.15) is 5.15 Å². The van der Waals surface area contributed by atoms with Gasteiger partial charge in [-0.3, -0.25) is 0 Å². The molecule has 0 saturated carbocycles. The van der Waals surface area contributed by atoms with Gasteiger partial charge in [0, 0.05) is 17.4 Å². The third-order valence-corrected chi connectivity index (χ3v) is 3.04. The molecule has 80 valence electrons. The number of hydrogen-bond donors (Lipinski definition) is 0. The van der Waals surface area contributed by atoms with Crippen molar-refractivity contribution in [2.24, 2.45) is 0 Å². The summed E-state index contributed by atoms with van der Waals surface area (Å²) in [5.41, 5.74) is 2.10. The standard InChI is InChI=1S/C12H8ClNO2/c13-11-8-5-6-16-12(15)10(8)7-3-1-2-4-9(7)14-11/h1-4H,5-6H2. The summed E-state index contributed by atoms with van der Waals surface area (Å²) < 4.78 is 5.04. The molecule has 0 bridgehead atoms. The highest BCUT2D eigenvalue weighted by Crippen LogP contribution is 2.29. The number of nitrogens with zero attached hydrogens (tertiary/aromatic N) is 1. The van der Waals surface area contributed by atoms with Crippen LogP contribution in [0, 0.1) is 0 Å². The number of pyridine rings is 1. The van der Waals surface area contributed by atoms with E-state index in [2.05, 4.69) is 4.98 Å². The quantitative estimate of drug-likeness (QED) is 0.519. The summed E-state index contributed by atoms with van der Waals surface area (Å²) in [6.45, 7) is 0.381. The molecular weight excluding hydrogens is 226 g/mol. The van der Waals surface area contributed by atoms with E-state index in [1.165, 1.54) is 0 Å². The van der Waals surface area contributed by atoms with Gasteiger partial charge in [-0.15, -0.1) is 0 Å². The third-order valence-electron chi connectivity index (χ3n) is 2.73. The number of hydrogen-bond acceptors (Lipinski definition) is 3. The minimum absolute atomic E-state index is 0.304. The fraction of sp³-hybridized carbons (Fsp3) is 0.167. The molecule has 0 radical (unpaired) electrons. The normalized spacial score (nSPS) is 14.7. The Morgan fingerprint density at radius 1 is 1.31 bits per heavy atom. The summed E-state index contributed by atoms with van der Waals surface area (Å²) in [5.74, 6) is -0.304. The maximum atomic E-state index is 11.7. The number of carbonyl (C=O) groups is 1. The van der Waals surface area contributed by atoms with E-state index in [0.29, 0.717) is 23.7 Å². The number of esters is 1. The van der Waals surface area contributed by atoms with Crippen LogP contribution < -0.4 is 0 Å². The summed E-state index contributed by atoms with van der Waals surface area (Å²) in [5, 5.41) is 1.22. The lowest BCUT2D eigenvalue weighted by molar-refractivity contribution is 0.0483. The zero-order valence-electron chi connectivity index (χ0n) is 8.37. The minimum atomic E-state index is -0.304. The molecule has 4 heteroatoms. The van der Waals surface area contributed by atoms with Crippen LogP contribution in [0.25, 0.3) is 10.9 Å². The van der Waals surface area contributed by atoms with Crippen LogP contribution in [0.5, 0.6) is 0 Å². The predicted octanol–water partition coefficient (Wildman–Crippen LogP) is 2.60. The molecule has 0 N–H and O–H groups in total. The van der Waals surface area contributed by atoms with Gasteiger partial charge in [-0.25, -0.2) is 9.78 Å². The predicted molar refractivity (Wildman–Crippen MR) is 60.7 cm³/mol. The number of ether oxygens (including phenoxy) is 1. The molecule has 16 heavy (non-hydrogen) atoms. The molecule has 0 aliphatic carbocycles. The van der Waals surface area contributed by atoms with Crippen LogP contribution in [0.2, 0.25) is 5.15 Å². The van der Waals surface area contributed by atoms with Crippen LogP contribution in [0.1, 0.15) is 15.9 Å². The molecule has 0 fully saturated rings. The number of aromatic nitrogens is 1. The van der Waals surface area contributed by atoms with Gasteiger partial charge < -0.3 is 4.74 Å². The van der Waals surface area contributed by atoms with E-state index >= 15 is 0 Å². The molecule has 0 spiro atoms. The van der Waals surface area contributed by atoms with Crippen molar-refractivity contribution in [2.45, 2.75) is 6.42 Å². The van der Waals surface area contributed by atoms with Crippen molar-refractivity contribution < 1.29 is 9.53 Å². The summed E-state index contributed by atoms with van der Waals surface area (Å²) in [4.78, 5) is 16.0. The Balaban J connectivity index is 2.45. The number of benzene rings is 1. The monoisotopic (exact) mass is 233 g/mol. The first-order chi connectivity index (χ1) is 7.77. The van der Waals surface area contributed by atoms with Crippen molar-refractivity contribution >= 4 is 28.5 Å². The number of halogens is 1. The molecule has 0 saturated heterocycles. The molecule has 0 atom stereocenters. The minimum Gasteiger partial charge on any atom is -0.462 e.